The molecule has 0 aliphatic carbocycles. The fourth-order valence-corrected chi connectivity index (χ4v) is 3.59. The molecule has 0 spiro atoms. The van der Waals surface area contributed by atoms with Gasteiger partial charge < -0.3 is 10.1 Å². The summed E-state index contributed by atoms with van der Waals surface area (Å²) in [5, 5.41) is 7.88. The van der Waals surface area contributed by atoms with Crippen molar-refractivity contribution in [1.82, 2.24) is 24.5 Å². The number of ether oxygens (including phenoxy) is 1. The Morgan fingerprint density at radius 2 is 2.00 bits per heavy atom. The first-order valence-electron chi connectivity index (χ1n) is 9.40. The molecular formula is C21H17N7O4S. The standard InChI is InChI=1S/C21H17N7O4S/c1-13-3-4-18-15(7-13)26-12-28(18)6-5-14-8-16(24-10-19(14)33(22,30)31)20(29)27-17-9-23-11-25-21(17)32-2/h3-4,7-12H,1-2H3,(H,27,29)(H2,22,30,31). The third-order valence-corrected chi connectivity index (χ3v) is 5.48. The molecular weight excluding hydrogens is 446 g/mol. The molecule has 0 unspecified atom stereocenters. The summed E-state index contributed by atoms with van der Waals surface area (Å²) in [6.45, 7) is 1.95. The van der Waals surface area contributed by atoms with Gasteiger partial charge in [0, 0.05) is 12.2 Å². The fourth-order valence-electron chi connectivity index (χ4n) is 2.98. The Hall–Kier alpha value is -4.34. The van der Waals surface area contributed by atoms with Gasteiger partial charge >= 0.3 is 0 Å². The first-order chi connectivity index (χ1) is 15.8. The number of sulfonamides is 1. The van der Waals surface area contributed by atoms with Crippen LogP contribution in [0.3, 0.4) is 0 Å². The minimum absolute atomic E-state index is 0.00267. The molecule has 0 saturated heterocycles. The van der Waals surface area contributed by atoms with Gasteiger partial charge in [0.2, 0.25) is 15.9 Å². The number of amides is 1. The second kappa shape index (κ2) is 8.65. The Kier molecular flexibility index (Phi) is 5.74. The number of pyridine rings is 1. The number of rotatable bonds is 4. The summed E-state index contributed by atoms with van der Waals surface area (Å²) in [5.74, 6) is 2.27. The Labute approximate surface area is 188 Å². The van der Waals surface area contributed by atoms with Gasteiger partial charge in [0.15, 0.2) is 0 Å². The maximum atomic E-state index is 12.7. The topological polar surface area (TPSA) is 155 Å². The van der Waals surface area contributed by atoms with Gasteiger partial charge in [0.05, 0.1) is 29.9 Å². The first-order valence-corrected chi connectivity index (χ1v) is 10.9. The molecule has 166 valence electrons. The maximum absolute atomic E-state index is 12.7. The monoisotopic (exact) mass is 463 g/mol. The molecule has 0 bridgehead atoms. The summed E-state index contributed by atoms with van der Waals surface area (Å²) < 4.78 is 30.7. The molecule has 3 heterocycles. The van der Waals surface area contributed by atoms with E-state index < -0.39 is 15.9 Å². The number of benzene rings is 1. The average Bonchev–Trinajstić information content (AvgIpc) is 3.19. The number of aryl methyl sites for hydroxylation is 1. The zero-order chi connectivity index (χ0) is 23.6. The molecule has 11 nitrogen and oxygen atoms in total. The molecule has 0 fully saturated rings. The van der Waals surface area contributed by atoms with Crippen LogP contribution in [0.25, 0.3) is 11.0 Å². The van der Waals surface area contributed by atoms with Gasteiger partial charge in [-0.05, 0) is 36.6 Å². The highest BCUT2D eigenvalue weighted by atomic mass is 32.2. The van der Waals surface area contributed by atoms with Gasteiger partial charge in [-0.15, -0.1) is 0 Å². The molecule has 4 rings (SSSR count). The molecule has 1 amide bonds. The van der Waals surface area contributed by atoms with Crippen LogP contribution in [0.1, 0.15) is 21.6 Å². The molecule has 0 aliphatic rings. The number of nitrogens with one attached hydrogen (secondary N) is 1. The van der Waals surface area contributed by atoms with Crippen LogP contribution in [-0.4, -0.2) is 45.9 Å². The lowest BCUT2D eigenvalue weighted by atomic mass is 10.2. The van der Waals surface area contributed by atoms with E-state index in [0.717, 1.165) is 22.8 Å². The van der Waals surface area contributed by atoms with E-state index in [4.69, 9.17) is 9.88 Å². The lowest BCUT2D eigenvalue weighted by Gasteiger charge is -2.09. The number of aromatic nitrogens is 5. The Morgan fingerprint density at radius 3 is 2.76 bits per heavy atom. The molecule has 1 aromatic carbocycles. The number of carbonyl (C=O) groups is 1. The van der Waals surface area contributed by atoms with Crippen molar-refractivity contribution in [3.8, 4) is 17.8 Å². The van der Waals surface area contributed by atoms with E-state index in [-0.39, 0.29) is 27.7 Å². The van der Waals surface area contributed by atoms with Crippen LogP contribution < -0.4 is 15.2 Å². The third-order valence-electron chi connectivity index (χ3n) is 4.54. The van der Waals surface area contributed by atoms with Crippen LogP contribution >= 0.6 is 0 Å². The molecule has 4 aromatic rings. The second-order valence-corrected chi connectivity index (χ2v) is 8.38. The maximum Gasteiger partial charge on any atom is 0.274 e. The summed E-state index contributed by atoms with van der Waals surface area (Å²) in [6, 6.07) is 9.74. The van der Waals surface area contributed by atoms with Crippen LogP contribution in [0, 0.1) is 18.9 Å². The molecule has 0 atom stereocenters. The van der Waals surface area contributed by atoms with E-state index in [0.29, 0.717) is 0 Å². The van der Waals surface area contributed by atoms with Gasteiger partial charge in [0.25, 0.3) is 5.91 Å². The van der Waals surface area contributed by atoms with Crippen molar-refractivity contribution in [2.75, 3.05) is 12.4 Å². The van der Waals surface area contributed by atoms with Crippen LogP contribution in [0.5, 0.6) is 5.88 Å². The summed E-state index contributed by atoms with van der Waals surface area (Å²) in [4.78, 5) is 28.3. The van der Waals surface area contributed by atoms with Crippen molar-refractivity contribution in [1.29, 1.82) is 0 Å². The van der Waals surface area contributed by atoms with Gasteiger partial charge in [-0.2, -0.15) is 4.98 Å². The number of methoxy groups -OCH3 is 1. The molecule has 0 radical (unpaired) electrons. The van der Waals surface area contributed by atoms with Crippen molar-refractivity contribution >= 4 is 32.7 Å². The van der Waals surface area contributed by atoms with Crippen LogP contribution in [-0.2, 0) is 10.0 Å². The van der Waals surface area contributed by atoms with Crippen molar-refractivity contribution < 1.29 is 17.9 Å². The second-order valence-electron chi connectivity index (χ2n) is 6.85. The van der Waals surface area contributed by atoms with Crippen molar-refractivity contribution in [3.05, 3.63) is 66.1 Å². The van der Waals surface area contributed by atoms with Crippen LogP contribution in [0.2, 0.25) is 0 Å². The van der Waals surface area contributed by atoms with E-state index in [2.05, 4.69) is 37.2 Å². The fraction of sp³-hybridized carbons (Fsp3) is 0.0952. The lowest BCUT2D eigenvalue weighted by molar-refractivity contribution is 0.102. The number of anilines is 1. The van der Waals surface area contributed by atoms with E-state index in [1.54, 1.807) is 4.57 Å². The molecule has 12 heteroatoms. The lowest BCUT2D eigenvalue weighted by Crippen LogP contribution is -2.18. The van der Waals surface area contributed by atoms with Gasteiger partial charge in [-0.1, -0.05) is 6.07 Å². The number of primary sulfonamides is 1. The minimum Gasteiger partial charge on any atom is -0.479 e. The summed E-state index contributed by atoms with van der Waals surface area (Å²) in [5.41, 5.74) is 2.66. The number of hydrogen-bond acceptors (Lipinski definition) is 8. The zero-order valence-corrected chi connectivity index (χ0v) is 18.3. The number of nitrogens with zero attached hydrogens (tertiary/aromatic N) is 5. The summed E-state index contributed by atoms with van der Waals surface area (Å²) in [6.07, 6.45) is 5.13. The number of imidazole rings is 1. The van der Waals surface area contributed by atoms with E-state index >= 15 is 0 Å². The smallest absolute Gasteiger partial charge is 0.274 e. The third kappa shape index (κ3) is 4.64. The SMILES string of the molecule is COc1ncncc1NC(=O)c1cc(C#Cn2cnc3cc(C)ccc32)c(S(N)(=O)=O)cn1. The van der Waals surface area contributed by atoms with Crippen molar-refractivity contribution in [2.24, 2.45) is 5.14 Å². The molecule has 3 aromatic heterocycles. The molecule has 0 aliphatic heterocycles. The van der Waals surface area contributed by atoms with Crippen molar-refractivity contribution in [3.63, 3.8) is 0 Å². The highest BCUT2D eigenvalue weighted by molar-refractivity contribution is 7.89. The van der Waals surface area contributed by atoms with Gasteiger partial charge in [-0.3, -0.25) is 9.36 Å². The van der Waals surface area contributed by atoms with E-state index in [1.165, 1.54) is 32.0 Å². The van der Waals surface area contributed by atoms with Crippen LogP contribution in [0.15, 0.2) is 54.2 Å². The highest BCUT2D eigenvalue weighted by Gasteiger charge is 2.18. The predicted molar refractivity (Wildman–Crippen MR) is 119 cm³/mol. The normalized spacial score (nSPS) is 11.0. The highest BCUT2D eigenvalue weighted by Crippen LogP contribution is 2.20. The number of nitrogens with two attached hydrogens (primary N) is 1. The van der Waals surface area contributed by atoms with Crippen LogP contribution in [0.4, 0.5) is 5.69 Å². The van der Waals surface area contributed by atoms with Crippen molar-refractivity contribution in [2.45, 2.75) is 11.8 Å². The minimum atomic E-state index is -4.15. The predicted octanol–water partition coefficient (Wildman–Crippen LogP) is 1.30. The Morgan fingerprint density at radius 1 is 1.18 bits per heavy atom. The molecule has 33 heavy (non-hydrogen) atoms. The molecule has 0 saturated carbocycles. The van der Waals surface area contributed by atoms with Gasteiger partial charge in [-0.25, -0.2) is 28.5 Å². The molecule has 3 N–H and O–H groups in total. The quantitative estimate of drug-likeness (QED) is 0.429. The summed E-state index contributed by atoms with van der Waals surface area (Å²) in [7, 11) is -2.75. The Balaban J connectivity index is 1.73. The first kappa shape index (κ1) is 21.9. The van der Waals surface area contributed by atoms with Gasteiger partial charge in [0.1, 0.15) is 28.9 Å². The number of carbonyl (C=O) groups excluding carboxylic acids is 1. The number of fused-ring (bicyclic) bond motifs is 1. The zero-order valence-electron chi connectivity index (χ0n) is 17.5. The number of hydrogen-bond donors (Lipinski definition) is 2. The van der Waals surface area contributed by atoms with E-state index in [9.17, 15) is 13.2 Å². The largest absolute Gasteiger partial charge is 0.479 e. The van der Waals surface area contributed by atoms with E-state index in [1.807, 2.05) is 25.1 Å². The average molecular weight is 463 g/mol. The Bertz CT molecular complexity index is 1550. The summed E-state index contributed by atoms with van der Waals surface area (Å²) >= 11 is 0.